The molecule has 4 rings (SSSR count). The van der Waals surface area contributed by atoms with Crippen LogP contribution in [0.15, 0.2) is 84.1 Å². The largest absolute Gasteiger partial charge is 0.240 e. The van der Waals surface area contributed by atoms with E-state index in [1.165, 1.54) is 12.1 Å². The molecule has 0 fully saturated rings. The summed E-state index contributed by atoms with van der Waals surface area (Å²) in [5.74, 6) is 0.558. The average Bonchev–Trinajstić information content (AvgIpc) is 3.09. The standard InChI is InChI=1S/C20H16FN3/c21-17-11-9-16(10-12-17)19-14-18(15-6-2-1-3-7-15)23-24(19)20-8-4-5-13-22-20/h1-13,19H,14H2. The molecule has 0 amide bonds. The van der Waals surface area contributed by atoms with E-state index in [2.05, 4.69) is 17.1 Å². The van der Waals surface area contributed by atoms with Crippen LogP contribution in [-0.2, 0) is 0 Å². The normalized spacial score (nSPS) is 17.0. The summed E-state index contributed by atoms with van der Waals surface area (Å²) >= 11 is 0. The monoisotopic (exact) mass is 317 g/mol. The van der Waals surface area contributed by atoms with Gasteiger partial charge < -0.3 is 0 Å². The second-order valence-electron chi connectivity index (χ2n) is 5.72. The summed E-state index contributed by atoms with van der Waals surface area (Å²) < 4.78 is 13.3. The van der Waals surface area contributed by atoms with Gasteiger partial charge in [-0.3, -0.25) is 0 Å². The van der Waals surface area contributed by atoms with Gasteiger partial charge in [-0.25, -0.2) is 14.4 Å². The van der Waals surface area contributed by atoms with Crippen molar-refractivity contribution in [2.45, 2.75) is 12.5 Å². The molecule has 0 bridgehead atoms. The maximum absolute atomic E-state index is 13.3. The van der Waals surface area contributed by atoms with E-state index in [4.69, 9.17) is 5.10 Å². The van der Waals surface area contributed by atoms with Gasteiger partial charge in [-0.15, -0.1) is 0 Å². The van der Waals surface area contributed by atoms with Gasteiger partial charge in [0.15, 0.2) is 0 Å². The van der Waals surface area contributed by atoms with Crippen LogP contribution < -0.4 is 5.01 Å². The third-order valence-corrected chi connectivity index (χ3v) is 4.16. The maximum atomic E-state index is 13.3. The molecule has 1 aromatic heterocycles. The number of benzene rings is 2. The van der Waals surface area contributed by atoms with E-state index in [0.29, 0.717) is 0 Å². The lowest BCUT2D eigenvalue weighted by molar-refractivity contribution is 0.624. The first-order valence-electron chi connectivity index (χ1n) is 7.90. The van der Waals surface area contributed by atoms with Crippen molar-refractivity contribution in [2.24, 2.45) is 5.10 Å². The second-order valence-corrected chi connectivity index (χ2v) is 5.72. The summed E-state index contributed by atoms with van der Waals surface area (Å²) in [7, 11) is 0. The molecule has 3 nitrogen and oxygen atoms in total. The first-order chi connectivity index (χ1) is 11.8. The van der Waals surface area contributed by atoms with Gasteiger partial charge in [0.25, 0.3) is 0 Å². The second kappa shape index (κ2) is 6.24. The molecule has 0 radical (unpaired) electrons. The molecule has 4 heteroatoms. The van der Waals surface area contributed by atoms with E-state index in [1.54, 1.807) is 6.20 Å². The zero-order chi connectivity index (χ0) is 16.4. The fourth-order valence-electron chi connectivity index (χ4n) is 2.96. The van der Waals surface area contributed by atoms with Gasteiger partial charge in [0.05, 0.1) is 11.8 Å². The molecule has 1 unspecified atom stereocenters. The summed E-state index contributed by atoms with van der Waals surface area (Å²) in [6.45, 7) is 0. The predicted molar refractivity (Wildman–Crippen MR) is 93.5 cm³/mol. The number of rotatable bonds is 3. The van der Waals surface area contributed by atoms with Crippen molar-refractivity contribution in [3.8, 4) is 0 Å². The van der Waals surface area contributed by atoms with Gasteiger partial charge in [-0.05, 0) is 35.4 Å². The highest BCUT2D eigenvalue weighted by Crippen LogP contribution is 2.35. The molecular formula is C20H16FN3. The van der Waals surface area contributed by atoms with Crippen LogP contribution in [0.1, 0.15) is 23.6 Å². The van der Waals surface area contributed by atoms with E-state index in [1.807, 2.05) is 53.5 Å². The molecule has 2 heterocycles. The molecule has 118 valence electrons. The van der Waals surface area contributed by atoms with Gasteiger partial charge in [0, 0.05) is 12.6 Å². The SMILES string of the molecule is Fc1ccc(C2CC(c3ccccc3)=NN2c2ccccn2)cc1. The van der Waals surface area contributed by atoms with Crippen molar-refractivity contribution in [1.29, 1.82) is 0 Å². The first-order valence-corrected chi connectivity index (χ1v) is 7.90. The molecule has 1 aliphatic heterocycles. The van der Waals surface area contributed by atoms with E-state index in [-0.39, 0.29) is 11.9 Å². The van der Waals surface area contributed by atoms with Crippen LogP contribution in [0.2, 0.25) is 0 Å². The van der Waals surface area contributed by atoms with Crippen LogP contribution in [0.25, 0.3) is 0 Å². The van der Waals surface area contributed by atoms with Crippen molar-refractivity contribution in [2.75, 3.05) is 5.01 Å². The van der Waals surface area contributed by atoms with E-state index in [9.17, 15) is 4.39 Å². The first kappa shape index (κ1) is 14.6. The summed E-state index contributed by atoms with van der Waals surface area (Å²) in [4.78, 5) is 4.43. The lowest BCUT2D eigenvalue weighted by Crippen LogP contribution is -2.19. The number of aromatic nitrogens is 1. The number of nitrogens with zero attached hydrogens (tertiary/aromatic N) is 3. The Balaban J connectivity index is 1.74. The van der Waals surface area contributed by atoms with Crippen LogP contribution in [0.3, 0.4) is 0 Å². The minimum atomic E-state index is -0.231. The molecule has 0 aliphatic carbocycles. The maximum Gasteiger partial charge on any atom is 0.149 e. The van der Waals surface area contributed by atoms with Gasteiger partial charge in [-0.1, -0.05) is 48.5 Å². The molecule has 0 N–H and O–H groups in total. The van der Waals surface area contributed by atoms with Crippen molar-refractivity contribution in [1.82, 2.24) is 4.98 Å². The Kier molecular flexibility index (Phi) is 3.79. The van der Waals surface area contributed by atoms with Crippen molar-refractivity contribution < 1.29 is 4.39 Å². The van der Waals surface area contributed by atoms with Crippen molar-refractivity contribution >= 4 is 11.5 Å². The molecule has 1 atom stereocenters. The van der Waals surface area contributed by atoms with Crippen LogP contribution in [0, 0.1) is 5.82 Å². The number of hydrogen-bond donors (Lipinski definition) is 0. The highest BCUT2D eigenvalue weighted by atomic mass is 19.1. The van der Waals surface area contributed by atoms with Gasteiger partial charge in [0.1, 0.15) is 11.6 Å². The number of pyridine rings is 1. The van der Waals surface area contributed by atoms with Crippen molar-refractivity contribution in [3.05, 3.63) is 95.9 Å². The average molecular weight is 317 g/mol. The van der Waals surface area contributed by atoms with Crippen molar-refractivity contribution in [3.63, 3.8) is 0 Å². The molecule has 2 aromatic carbocycles. The van der Waals surface area contributed by atoms with Crippen LogP contribution in [0.4, 0.5) is 10.2 Å². The number of halogens is 1. The Hall–Kier alpha value is -3.01. The molecule has 0 spiro atoms. The zero-order valence-corrected chi connectivity index (χ0v) is 13.0. The molecule has 0 saturated carbocycles. The number of hydrazone groups is 1. The molecular weight excluding hydrogens is 301 g/mol. The minimum absolute atomic E-state index is 0.00991. The Morgan fingerprint density at radius 2 is 1.62 bits per heavy atom. The molecule has 1 aliphatic rings. The van der Waals surface area contributed by atoms with E-state index in [0.717, 1.165) is 29.1 Å². The fourth-order valence-corrected chi connectivity index (χ4v) is 2.96. The zero-order valence-electron chi connectivity index (χ0n) is 13.0. The lowest BCUT2D eigenvalue weighted by Gasteiger charge is -2.22. The summed E-state index contributed by atoms with van der Waals surface area (Å²) in [5.41, 5.74) is 3.13. The fraction of sp³-hybridized carbons (Fsp3) is 0.100. The van der Waals surface area contributed by atoms with Crippen LogP contribution >= 0.6 is 0 Å². The lowest BCUT2D eigenvalue weighted by atomic mass is 9.98. The minimum Gasteiger partial charge on any atom is -0.240 e. The predicted octanol–water partition coefficient (Wildman–Crippen LogP) is 4.58. The Morgan fingerprint density at radius 3 is 2.33 bits per heavy atom. The van der Waals surface area contributed by atoms with E-state index < -0.39 is 0 Å². The third kappa shape index (κ3) is 2.78. The Morgan fingerprint density at radius 1 is 0.875 bits per heavy atom. The van der Waals surface area contributed by atoms with E-state index >= 15 is 0 Å². The smallest absolute Gasteiger partial charge is 0.149 e. The molecule has 3 aromatic rings. The van der Waals surface area contributed by atoms with Crippen LogP contribution in [0.5, 0.6) is 0 Å². The molecule has 24 heavy (non-hydrogen) atoms. The quantitative estimate of drug-likeness (QED) is 0.707. The summed E-state index contributed by atoms with van der Waals surface area (Å²) in [5, 5.41) is 6.73. The number of anilines is 1. The van der Waals surface area contributed by atoms with Gasteiger partial charge in [0.2, 0.25) is 0 Å². The summed E-state index contributed by atoms with van der Waals surface area (Å²) in [6, 6.07) is 22.5. The van der Waals surface area contributed by atoms with Gasteiger partial charge in [-0.2, -0.15) is 5.10 Å². The highest BCUT2D eigenvalue weighted by Gasteiger charge is 2.30. The Labute approximate surface area is 140 Å². The topological polar surface area (TPSA) is 28.5 Å². The summed E-state index contributed by atoms with van der Waals surface area (Å²) in [6.07, 6.45) is 2.51. The van der Waals surface area contributed by atoms with Crippen LogP contribution in [-0.4, -0.2) is 10.7 Å². The highest BCUT2D eigenvalue weighted by molar-refractivity contribution is 6.03. The molecule has 0 saturated heterocycles. The Bertz CT molecular complexity index is 845. The van der Waals surface area contributed by atoms with Gasteiger partial charge >= 0.3 is 0 Å². The third-order valence-electron chi connectivity index (χ3n) is 4.16. The number of hydrogen-bond acceptors (Lipinski definition) is 3.